The maximum atomic E-state index is 13.2. The maximum absolute atomic E-state index is 13.2. The second kappa shape index (κ2) is 7.07. The number of amides is 1. The molecular formula is C12H19F2NO3S. The van der Waals surface area contributed by atoms with Crippen molar-refractivity contribution in [1.82, 2.24) is 5.32 Å². The van der Waals surface area contributed by atoms with Crippen LogP contribution in [0.25, 0.3) is 0 Å². The van der Waals surface area contributed by atoms with Crippen LogP contribution in [0.4, 0.5) is 8.78 Å². The average Bonchev–Trinajstić information content (AvgIpc) is 2.32. The van der Waals surface area contributed by atoms with E-state index in [2.05, 4.69) is 5.32 Å². The van der Waals surface area contributed by atoms with Gasteiger partial charge in [0.25, 0.3) is 0 Å². The van der Waals surface area contributed by atoms with Gasteiger partial charge in [0.2, 0.25) is 11.8 Å². The van der Waals surface area contributed by atoms with Crippen molar-refractivity contribution in [3.05, 3.63) is 0 Å². The summed E-state index contributed by atoms with van der Waals surface area (Å²) in [7, 11) is 0. The van der Waals surface area contributed by atoms with E-state index in [9.17, 15) is 18.4 Å². The van der Waals surface area contributed by atoms with E-state index in [0.29, 0.717) is 25.0 Å². The Kier molecular flexibility index (Phi) is 6.03. The summed E-state index contributed by atoms with van der Waals surface area (Å²) >= 11 is 1.48. The van der Waals surface area contributed by atoms with Crippen molar-refractivity contribution in [1.29, 1.82) is 0 Å². The SMILES string of the molecule is CSCC[C@H](NC(=O)C1CCCC(F)(F)C1)C(=O)O. The third kappa shape index (κ3) is 5.34. The Morgan fingerprint density at radius 2 is 2.21 bits per heavy atom. The Labute approximate surface area is 115 Å². The maximum Gasteiger partial charge on any atom is 0.326 e. The normalized spacial score (nSPS) is 23.6. The topological polar surface area (TPSA) is 66.4 Å². The first-order valence-corrected chi connectivity index (χ1v) is 7.65. The van der Waals surface area contributed by atoms with E-state index in [4.69, 9.17) is 5.11 Å². The van der Waals surface area contributed by atoms with Gasteiger partial charge in [-0.25, -0.2) is 13.6 Å². The third-order valence-electron chi connectivity index (χ3n) is 3.24. The van der Waals surface area contributed by atoms with Gasteiger partial charge >= 0.3 is 5.97 Å². The van der Waals surface area contributed by atoms with Crippen molar-refractivity contribution < 1.29 is 23.5 Å². The van der Waals surface area contributed by atoms with Gasteiger partial charge < -0.3 is 10.4 Å². The second-order valence-corrected chi connectivity index (χ2v) is 5.82. The van der Waals surface area contributed by atoms with Crippen LogP contribution < -0.4 is 5.32 Å². The number of carbonyl (C=O) groups is 2. The molecule has 1 rings (SSSR count). The third-order valence-corrected chi connectivity index (χ3v) is 3.88. The highest BCUT2D eigenvalue weighted by molar-refractivity contribution is 7.98. The highest BCUT2D eigenvalue weighted by atomic mass is 32.2. The second-order valence-electron chi connectivity index (χ2n) is 4.83. The molecule has 0 spiro atoms. The van der Waals surface area contributed by atoms with Crippen LogP contribution in [-0.4, -0.2) is 41.0 Å². The number of hydrogen-bond donors (Lipinski definition) is 2. The van der Waals surface area contributed by atoms with E-state index in [-0.39, 0.29) is 6.42 Å². The van der Waals surface area contributed by atoms with E-state index < -0.39 is 36.2 Å². The molecule has 2 N–H and O–H groups in total. The van der Waals surface area contributed by atoms with Gasteiger partial charge in [-0.15, -0.1) is 0 Å². The van der Waals surface area contributed by atoms with Crippen molar-refractivity contribution in [2.24, 2.45) is 5.92 Å². The van der Waals surface area contributed by atoms with E-state index >= 15 is 0 Å². The molecule has 2 atom stereocenters. The zero-order valence-corrected chi connectivity index (χ0v) is 11.6. The molecule has 0 aromatic carbocycles. The Morgan fingerprint density at radius 1 is 1.53 bits per heavy atom. The van der Waals surface area contributed by atoms with Crippen molar-refractivity contribution in [3.63, 3.8) is 0 Å². The minimum absolute atomic E-state index is 0.189. The molecule has 0 aliphatic heterocycles. The van der Waals surface area contributed by atoms with Crippen molar-refractivity contribution in [2.45, 2.75) is 44.1 Å². The number of thioether (sulfide) groups is 1. The first kappa shape index (κ1) is 16.2. The Morgan fingerprint density at radius 3 is 2.74 bits per heavy atom. The first-order valence-electron chi connectivity index (χ1n) is 6.25. The van der Waals surface area contributed by atoms with E-state index in [0.717, 1.165) is 0 Å². The van der Waals surface area contributed by atoms with Crippen LogP contribution in [0, 0.1) is 5.92 Å². The van der Waals surface area contributed by atoms with Gasteiger partial charge in [-0.1, -0.05) is 0 Å². The number of rotatable bonds is 6. The molecule has 1 amide bonds. The molecule has 1 aliphatic carbocycles. The van der Waals surface area contributed by atoms with Gasteiger partial charge in [0.05, 0.1) is 0 Å². The highest BCUT2D eigenvalue weighted by Gasteiger charge is 2.39. The summed E-state index contributed by atoms with van der Waals surface area (Å²) < 4.78 is 26.4. The zero-order chi connectivity index (χ0) is 14.5. The van der Waals surface area contributed by atoms with Gasteiger partial charge in [0.1, 0.15) is 6.04 Å². The quantitative estimate of drug-likeness (QED) is 0.788. The van der Waals surface area contributed by atoms with Crippen molar-refractivity contribution in [3.8, 4) is 0 Å². The van der Waals surface area contributed by atoms with Crippen LogP contribution in [0.2, 0.25) is 0 Å². The molecule has 4 nitrogen and oxygen atoms in total. The van der Waals surface area contributed by atoms with Crippen LogP contribution >= 0.6 is 11.8 Å². The molecule has 0 aromatic rings. The number of hydrogen-bond acceptors (Lipinski definition) is 3. The average molecular weight is 295 g/mol. The summed E-state index contributed by atoms with van der Waals surface area (Å²) in [6.45, 7) is 0. The number of aliphatic carboxylic acids is 1. The van der Waals surface area contributed by atoms with Crippen LogP contribution in [0.1, 0.15) is 32.1 Å². The van der Waals surface area contributed by atoms with Crippen LogP contribution in [-0.2, 0) is 9.59 Å². The fraction of sp³-hybridized carbons (Fsp3) is 0.833. The highest BCUT2D eigenvalue weighted by Crippen LogP contribution is 2.36. The molecule has 7 heteroatoms. The van der Waals surface area contributed by atoms with Crippen molar-refractivity contribution >= 4 is 23.6 Å². The Hall–Kier alpha value is -0.850. The molecule has 0 aromatic heterocycles. The van der Waals surface area contributed by atoms with Crippen LogP contribution in [0.3, 0.4) is 0 Å². The Balaban J connectivity index is 2.54. The summed E-state index contributed by atoms with van der Waals surface area (Å²) in [5, 5.41) is 11.4. The van der Waals surface area contributed by atoms with Crippen molar-refractivity contribution in [2.75, 3.05) is 12.0 Å². The summed E-state index contributed by atoms with van der Waals surface area (Å²) in [4.78, 5) is 22.8. The lowest BCUT2D eigenvalue weighted by Crippen LogP contribution is -2.46. The summed E-state index contributed by atoms with van der Waals surface area (Å²) in [5.41, 5.74) is 0. The van der Waals surface area contributed by atoms with Gasteiger partial charge in [-0.05, 0) is 31.3 Å². The predicted molar refractivity (Wildman–Crippen MR) is 69.5 cm³/mol. The number of carbonyl (C=O) groups excluding carboxylic acids is 1. The summed E-state index contributed by atoms with van der Waals surface area (Å²) in [5.74, 6) is -4.67. The van der Waals surface area contributed by atoms with Gasteiger partial charge in [-0.3, -0.25) is 4.79 Å². The fourth-order valence-electron chi connectivity index (χ4n) is 2.18. The standard InChI is InChI=1S/C12H19F2NO3S/c1-19-6-4-9(11(17)18)15-10(16)8-3-2-5-12(13,14)7-8/h8-9H,2-7H2,1H3,(H,15,16)(H,17,18)/t8?,9-/m0/s1. The number of carboxylic acid groups (broad SMARTS) is 1. The van der Waals surface area contributed by atoms with Gasteiger partial charge in [-0.2, -0.15) is 11.8 Å². The lowest BCUT2D eigenvalue weighted by molar-refractivity contribution is -0.144. The molecule has 1 fully saturated rings. The zero-order valence-electron chi connectivity index (χ0n) is 10.8. The number of halogens is 2. The largest absolute Gasteiger partial charge is 0.480 e. The van der Waals surface area contributed by atoms with Gasteiger partial charge in [0.15, 0.2) is 0 Å². The van der Waals surface area contributed by atoms with E-state index in [1.54, 1.807) is 0 Å². The molecule has 0 saturated heterocycles. The molecule has 1 saturated carbocycles. The minimum Gasteiger partial charge on any atom is -0.480 e. The molecule has 0 radical (unpaired) electrons. The smallest absolute Gasteiger partial charge is 0.326 e. The lowest BCUT2D eigenvalue weighted by atomic mass is 9.86. The molecular weight excluding hydrogens is 276 g/mol. The van der Waals surface area contributed by atoms with E-state index in [1.807, 2.05) is 6.26 Å². The molecule has 19 heavy (non-hydrogen) atoms. The molecule has 0 heterocycles. The van der Waals surface area contributed by atoms with Crippen LogP contribution in [0.5, 0.6) is 0 Å². The molecule has 1 aliphatic rings. The molecule has 0 bridgehead atoms. The summed E-state index contributed by atoms with van der Waals surface area (Å²) in [6, 6.07) is -0.990. The number of nitrogens with one attached hydrogen (secondary N) is 1. The Bertz CT molecular complexity index is 339. The minimum atomic E-state index is -2.81. The van der Waals surface area contributed by atoms with Gasteiger partial charge in [0, 0.05) is 18.8 Å². The molecule has 110 valence electrons. The van der Waals surface area contributed by atoms with E-state index in [1.165, 1.54) is 11.8 Å². The monoisotopic (exact) mass is 295 g/mol. The first-order chi connectivity index (χ1) is 8.85. The van der Waals surface area contributed by atoms with Crippen LogP contribution in [0.15, 0.2) is 0 Å². The molecule has 1 unspecified atom stereocenters. The predicted octanol–water partition coefficient (Wildman–Crippen LogP) is 2.13. The summed E-state index contributed by atoms with van der Waals surface area (Å²) in [6.07, 6.45) is 2.16. The number of alkyl halides is 2. The number of carboxylic acids is 1. The lowest BCUT2D eigenvalue weighted by Gasteiger charge is -2.28. The fourth-order valence-corrected chi connectivity index (χ4v) is 2.65.